The van der Waals surface area contributed by atoms with Gasteiger partial charge in [0.05, 0.1) is 14.2 Å². The minimum atomic E-state index is -4.95. The van der Waals surface area contributed by atoms with E-state index >= 15 is 0 Å². The molecule has 0 spiro atoms. The van der Waals surface area contributed by atoms with Crippen LogP contribution in [0.3, 0.4) is 0 Å². The van der Waals surface area contributed by atoms with E-state index in [0.717, 1.165) is 0 Å². The largest absolute Gasteiger partial charge is 0.493 e. The van der Waals surface area contributed by atoms with Gasteiger partial charge in [-0.1, -0.05) is 18.2 Å². The molecule has 0 fully saturated rings. The van der Waals surface area contributed by atoms with Crippen molar-refractivity contribution in [2.75, 3.05) is 26.1 Å². The lowest BCUT2D eigenvalue weighted by Crippen LogP contribution is -2.40. The molecule has 0 unspecified atom stereocenters. The number of anilines is 1. The maximum atomic E-state index is 12.8. The molecule has 0 atom stereocenters. The van der Waals surface area contributed by atoms with Gasteiger partial charge in [-0.05, 0) is 43.2 Å². The lowest BCUT2D eigenvalue weighted by Gasteiger charge is -2.22. The Morgan fingerprint density at radius 3 is 2.44 bits per heavy atom. The zero-order chi connectivity index (χ0) is 23.9. The Hall–Kier alpha value is -3.49. The van der Waals surface area contributed by atoms with Gasteiger partial charge in [0.2, 0.25) is 0 Å². The number of halogens is 3. The number of amides is 2. The van der Waals surface area contributed by atoms with Crippen molar-refractivity contribution in [3.05, 3.63) is 65.7 Å². The molecule has 9 heteroatoms. The molecule has 0 radical (unpaired) electrons. The van der Waals surface area contributed by atoms with Crippen LogP contribution in [0.1, 0.15) is 28.4 Å². The van der Waals surface area contributed by atoms with E-state index in [9.17, 15) is 22.8 Å². The number of alkyl halides is 3. The molecule has 0 bridgehead atoms. The van der Waals surface area contributed by atoms with E-state index in [-0.39, 0.29) is 13.1 Å². The number of ether oxygens (including phenoxy) is 2. The topological polar surface area (TPSA) is 67.9 Å². The van der Waals surface area contributed by atoms with Crippen LogP contribution in [-0.4, -0.2) is 43.7 Å². The second kappa shape index (κ2) is 10.7. The molecule has 1 N–H and O–H groups in total. The van der Waals surface area contributed by atoms with E-state index in [2.05, 4.69) is 11.9 Å². The predicted octanol–water partition coefficient (Wildman–Crippen LogP) is 4.60. The lowest BCUT2D eigenvalue weighted by atomic mass is 10.0. The molecular weight excluding hydrogens is 425 g/mol. The van der Waals surface area contributed by atoms with E-state index in [1.807, 2.05) is 0 Å². The molecule has 2 amide bonds. The molecule has 0 aliphatic carbocycles. The Kier molecular flexibility index (Phi) is 8.28. The molecule has 2 rings (SSSR count). The van der Waals surface area contributed by atoms with Crippen molar-refractivity contribution in [3.63, 3.8) is 0 Å². The van der Waals surface area contributed by atoms with Gasteiger partial charge in [-0.3, -0.25) is 9.59 Å². The number of methoxy groups -OCH3 is 2. The molecule has 0 aliphatic rings. The van der Waals surface area contributed by atoms with Gasteiger partial charge in [0.1, 0.15) is 0 Å². The van der Waals surface area contributed by atoms with E-state index < -0.39 is 18.0 Å². The standard InChI is InChI=1S/C23H25F3N2O4/c1-5-8-16-12-17(13-19(31-3)20(16)32-4)21(29)27-18-10-7-9-15(11-18)14-28(6-2)22(30)23(24,25)26/h5,7,9-13H,1,6,8,14H2,2-4H3,(H,27,29). The summed E-state index contributed by atoms with van der Waals surface area (Å²) in [6.45, 7) is 4.82. The maximum Gasteiger partial charge on any atom is 0.471 e. The van der Waals surface area contributed by atoms with Gasteiger partial charge in [-0.25, -0.2) is 0 Å². The summed E-state index contributed by atoms with van der Waals surface area (Å²) < 4.78 is 49.0. The Labute approximate surface area is 184 Å². The summed E-state index contributed by atoms with van der Waals surface area (Å²) in [5, 5.41) is 2.72. The van der Waals surface area contributed by atoms with E-state index in [1.54, 1.807) is 30.3 Å². The second-order valence-corrected chi connectivity index (χ2v) is 6.84. The van der Waals surface area contributed by atoms with Crippen LogP contribution < -0.4 is 14.8 Å². The summed E-state index contributed by atoms with van der Waals surface area (Å²) in [5.41, 5.74) is 1.85. The molecular formula is C23H25F3N2O4. The first-order chi connectivity index (χ1) is 15.1. The molecule has 0 saturated carbocycles. The van der Waals surface area contributed by atoms with Crippen LogP contribution in [0.15, 0.2) is 49.1 Å². The Morgan fingerprint density at radius 2 is 1.88 bits per heavy atom. The zero-order valence-electron chi connectivity index (χ0n) is 18.1. The van der Waals surface area contributed by atoms with Crippen LogP contribution in [0.4, 0.5) is 18.9 Å². The van der Waals surface area contributed by atoms with Gasteiger partial charge in [-0.15, -0.1) is 6.58 Å². The van der Waals surface area contributed by atoms with Gasteiger partial charge < -0.3 is 19.7 Å². The van der Waals surface area contributed by atoms with Gasteiger partial charge in [0, 0.05) is 29.9 Å². The first-order valence-electron chi connectivity index (χ1n) is 9.76. The number of allylic oxidation sites excluding steroid dienone is 1. The van der Waals surface area contributed by atoms with Crippen LogP contribution in [0, 0.1) is 0 Å². The van der Waals surface area contributed by atoms with Crippen molar-refractivity contribution < 1.29 is 32.2 Å². The number of nitrogens with zero attached hydrogens (tertiary/aromatic N) is 1. The monoisotopic (exact) mass is 450 g/mol. The minimum Gasteiger partial charge on any atom is -0.493 e. The zero-order valence-corrected chi connectivity index (χ0v) is 18.1. The van der Waals surface area contributed by atoms with Crippen molar-refractivity contribution in [2.45, 2.75) is 26.1 Å². The number of carbonyl (C=O) groups excluding carboxylic acids is 2. The summed E-state index contributed by atoms with van der Waals surface area (Å²) in [6.07, 6.45) is -2.82. The smallest absolute Gasteiger partial charge is 0.471 e. The number of rotatable bonds is 9. The first-order valence-corrected chi connectivity index (χ1v) is 9.76. The van der Waals surface area contributed by atoms with Gasteiger partial charge in [0.15, 0.2) is 11.5 Å². The molecule has 0 saturated heterocycles. The summed E-state index contributed by atoms with van der Waals surface area (Å²) in [4.78, 5) is 25.1. The van der Waals surface area contributed by atoms with E-state index in [0.29, 0.717) is 45.2 Å². The number of hydrogen-bond acceptors (Lipinski definition) is 4. The van der Waals surface area contributed by atoms with Gasteiger partial charge >= 0.3 is 12.1 Å². The first kappa shape index (κ1) is 24.8. The number of benzene rings is 2. The number of nitrogens with one attached hydrogen (secondary N) is 1. The average Bonchev–Trinajstić information content (AvgIpc) is 2.76. The number of carbonyl (C=O) groups is 2. The predicted molar refractivity (Wildman–Crippen MR) is 115 cm³/mol. The molecule has 172 valence electrons. The fourth-order valence-electron chi connectivity index (χ4n) is 3.16. The molecule has 0 heterocycles. The highest BCUT2D eigenvalue weighted by atomic mass is 19.4. The van der Waals surface area contributed by atoms with E-state index in [4.69, 9.17) is 9.47 Å². The lowest BCUT2D eigenvalue weighted by molar-refractivity contribution is -0.185. The van der Waals surface area contributed by atoms with Gasteiger partial charge in [-0.2, -0.15) is 13.2 Å². The van der Waals surface area contributed by atoms with Crippen molar-refractivity contribution >= 4 is 17.5 Å². The highest BCUT2D eigenvalue weighted by molar-refractivity contribution is 6.05. The molecule has 2 aromatic rings. The molecule has 6 nitrogen and oxygen atoms in total. The maximum absolute atomic E-state index is 12.8. The molecule has 0 aromatic heterocycles. The van der Waals surface area contributed by atoms with Crippen molar-refractivity contribution in [3.8, 4) is 11.5 Å². The normalized spacial score (nSPS) is 10.9. The molecule has 32 heavy (non-hydrogen) atoms. The Bertz CT molecular complexity index is 990. The SMILES string of the molecule is C=CCc1cc(C(=O)Nc2cccc(CN(CC)C(=O)C(F)(F)F)c2)cc(OC)c1OC. The van der Waals surface area contributed by atoms with E-state index in [1.165, 1.54) is 33.3 Å². The Morgan fingerprint density at radius 1 is 1.16 bits per heavy atom. The summed E-state index contributed by atoms with van der Waals surface area (Å²) in [6, 6.07) is 9.49. The summed E-state index contributed by atoms with van der Waals surface area (Å²) >= 11 is 0. The fourth-order valence-corrected chi connectivity index (χ4v) is 3.16. The fraction of sp³-hybridized carbons (Fsp3) is 0.304. The Balaban J connectivity index is 2.25. The third kappa shape index (κ3) is 6.03. The van der Waals surface area contributed by atoms with Crippen molar-refractivity contribution in [1.82, 2.24) is 4.90 Å². The highest BCUT2D eigenvalue weighted by Crippen LogP contribution is 2.33. The average molecular weight is 450 g/mol. The highest BCUT2D eigenvalue weighted by Gasteiger charge is 2.41. The van der Waals surface area contributed by atoms with Crippen LogP contribution in [-0.2, 0) is 17.8 Å². The summed E-state index contributed by atoms with van der Waals surface area (Å²) in [5.74, 6) is -1.46. The third-order valence-electron chi connectivity index (χ3n) is 4.65. The minimum absolute atomic E-state index is 0.105. The van der Waals surface area contributed by atoms with Crippen LogP contribution in [0.5, 0.6) is 11.5 Å². The van der Waals surface area contributed by atoms with Crippen LogP contribution in [0.2, 0.25) is 0 Å². The third-order valence-corrected chi connectivity index (χ3v) is 4.65. The van der Waals surface area contributed by atoms with Gasteiger partial charge in [0.25, 0.3) is 5.91 Å². The van der Waals surface area contributed by atoms with Crippen molar-refractivity contribution in [2.24, 2.45) is 0 Å². The van der Waals surface area contributed by atoms with Crippen LogP contribution >= 0.6 is 0 Å². The molecule has 2 aromatic carbocycles. The second-order valence-electron chi connectivity index (χ2n) is 6.84. The van der Waals surface area contributed by atoms with Crippen molar-refractivity contribution in [1.29, 1.82) is 0 Å². The quantitative estimate of drug-likeness (QED) is 0.568. The van der Waals surface area contributed by atoms with Crippen LogP contribution in [0.25, 0.3) is 0 Å². The molecule has 0 aliphatic heterocycles. The summed E-state index contributed by atoms with van der Waals surface area (Å²) in [7, 11) is 2.96. The number of hydrogen-bond donors (Lipinski definition) is 1.